The molecule has 1 amide bonds. The number of hydrogen-bond donors (Lipinski definition) is 1. The Kier molecular flexibility index (Phi) is 7.02. The van der Waals surface area contributed by atoms with Gasteiger partial charge in [0.25, 0.3) is 0 Å². The lowest BCUT2D eigenvalue weighted by Crippen LogP contribution is -2.46. The zero-order valence-corrected chi connectivity index (χ0v) is 16.6. The molecule has 0 radical (unpaired) electrons. The van der Waals surface area contributed by atoms with Crippen molar-refractivity contribution >= 4 is 5.91 Å². The Balaban J connectivity index is 2.08. The van der Waals surface area contributed by atoms with Crippen molar-refractivity contribution in [2.45, 2.75) is 38.0 Å². The van der Waals surface area contributed by atoms with Gasteiger partial charge in [0.15, 0.2) is 0 Å². The third-order valence-electron chi connectivity index (χ3n) is 5.28. The molecule has 0 aliphatic heterocycles. The minimum atomic E-state index is -0.867. The van der Waals surface area contributed by atoms with E-state index in [-0.39, 0.29) is 5.91 Å². The third-order valence-corrected chi connectivity index (χ3v) is 5.28. The molecule has 0 aliphatic carbocycles. The first-order chi connectivity index (χ1) is 13.8. The van der Waals surface area contributed by atoms with Crippen LogP contribution in [0.2, 0.25) is 0 Å². The molecule has 1 N–H and O–H groups in total. The van der Waals surface area contributed by atoms with E-state index in [4.69, 9.17) is 0 Å². The summed E-state index contributed by atoms with van der Waals surface area (Å²) in [7, 11) is 0. The van der Waals surface area contributed by atoms with Gasteiger partial charge in [0.1, 0.15) is 5.41 Å². The van der Waals surface area contributed by atoms with Crippen LogP contribution in [-0.4, -0.2) is 12.5 Å². The third kappa shape index (κ3) is 4.17. The second kappa shape index (κ2) is 9.89. The summed E-state index contributed by atoms with van der Waals surface area (Å²) in [4.78, 5) is 13.8. The normalized spacial score (nSPS) is 11.2. The van der Waals surface area contributed by atoms with Crippen LogP contribution < -0.4 is 5.32 Å². The van der Waals surface area contributed by atoms with Crippen LogP contribution in [0.15, 0.2) is 91.0 Å². The molecule has 3 aromatic rings. The fourth-order valence-corrected chi connectivity index (χ4v) is 3.84. The summed E-state index contributed by atoms with van der Waals surface area (Å²) in [6, 6.07) is 30.3. The second-order valence-corrected chi connectivity index (χ2v) is 7.16. The quantitative estimate of drug-likeness (QED) is 0.378. The fraction of sp³-hybridized carbons (Fsp3) is 0.269. The minimum Gasteiger partial charge on any atom is -0.355 e. The highest BCUT2D eigenvalue weighted by Gasteiger charge is 2.43. The summed E-state index contributed by atoms with van der Waals surface area (Å²) in [5, 5.41) is 3.24. The topological polar surface area (TPSA) is 29.1 Å². The van der Waals surface area contributed by atoms with E-state index < -0.39 is 5.41 Å². The average molecular weight is 372 g/mol. The lowest BCUT2D eigenvalue weighted by Gasteiger charge is -2.34. The first-order valence-electron chi connectivity index (χ1n) is 10.2. The lowest BCUT2D eigenvalue weighted by atomic mass is 9.68. The fourth-order valence-electron chi connectivity index (χ4n) is 3.84. The van der Waals surface area contributed by atoms with Gasteiger partial charge in [0.05, 0.1) is 0 Å². The molecule has 0 bridgehead atoms. The van der Waals surface area contributed by atoms with Crippen LogP contribution in [0, 0.1) is 0 Å². The molecule has 0 saturated carbocycles. The summed E-state index contributed by atoms with van der Waals surface area (Å²) in [5.74, 6) is 0.0348. The molecule has 0 unspecified atom stereocenters. The highest BCUT2D eigenvalue weighted by atomic mass is 16.2. The predicted octanol–water partition coefficient (Wildman–Crippen LogP) is 5.72. The maximum absolute atomic E-state index is 13.8. The van der Waals surface area contributed by atoms with Gasteiger partial charge in [-0.15, -0.1) is 0 Å². The van der Waals surface area contributed by atoms with E-state index in [1.165, 1.54) is 12.8 Å². The zero-order valence-electron chi connectivity index (χ0n) is 16.6. The van der Waals surface area contributed by atoms with E-state index in [1.807, 2.05) is 54.6 Å². The Bertz CT molecular complexity index is 747. The van der Waals surface area contributed by atoms with Gasteiger partial charge in [0.2, 0.25) is 5.91 Å². The predicted molar refractivity (Wildman–Crippen MR) is 116 cm³/mol. The van der Waals surface area contributed by atoms with Crippen LogP contribution >= 0.6 is 0 Å². The first kappa shape index (κ1) is 19.9. The van der Waals surface area contributed by atoms with Crippen LogP contribution in [-0.2, 0) is 10.2 Å². The van der Waals surface area contributed by atoms with Crippen molar-refractivity contribution in [3.8, 4) is 0 Å². The van der Waals surface area contributed by atoms with Crippen LogP contribution in [0.4, 0.5) is 0 Å². The van der Waals surface area contributed by atoms with Crippen molar-refractivity contribution in [2.24, 2.45) is 0 Å². The molecule has 3 aromatic carbocycles. The van der Waals surface area contributed by atoms with Gasteiger partial charge in [-0.3, -0.25) is 4.79 Å². The van der Waals surface area contributed by atoms with E-state index in [9.17, 15) is 4.79 Å². The number of amides is 1. The van der Waals surface area contributed by atoms with Crippen LogP contribution in [0.25, 0.3) is 0 Å². The molecular formula is C26H29NO. The largest absolute Gasteiger partial charge is 0.355 e. The Hall–Kier alpha value is -2.87. The Morgan fingerprint density at radius 1 is 0.679 bits per heavy atom. The van der Waals surface area contributed by atoms with Gasteiger partial charge >= 0.3 is 0 Å². The second-order valence-electron chi connectivity index (χ2n) is 7.16. The van der Waals surface area contributed by atoms with Gasteiger partial charge < -0.3 is 5.32 Å². The molecule has 2 heteroatoms. The van der Waals surface area contributed by atoms with Crippen molar-refractivity contribution < 1.29 is 4.79 Å². The summed E-state index contributed by atoms with van der Waals surface area (Å²) < 4.78 is 0. The summed E-state index contributed by atoms with van der Waals surface area (Å²) in [6.45, 7) is 2.90. The summed E-state index contributed by atoms with van der Waals surface area (Å²) in [6.07, 6.45) is 4.55. The molecule has 144 valence electrons. The Morgan fingerprint density at radius 2 is 1.11 bits per heavy atom. The molecule has 0 atom stereocenters. The van der Waals surface area contributed by atoms with E-state index >= 15 is 0 Å². The van der Waals surface area contributed by atoms with Crippen LogP contribution in [0.1, 0.15) is 49.3 Å². The number of nitrogens with one attached hydrogen (secondary N) is 1. The molecule has 2 nitrogen and oxygen atoms in total. The number of carbonyl (C=O) groups is 1. The number of hydrogen-bond acceptors (Lipinski definition) is 1. The average Bonchev–Trinajstić information content (AvgIpc) is 2.76. The zero-order chi connectivity index (χ0) is 19.7. The van der Waals surface area contributed by atoms with E-state index in [0.717, 1.165) is 29.5 Å². The highest BCUT2D eigenvalue weighted by molar-refractivity contribution is 5.96. The van der Waals surface area contributed by atoms with E-state index in [2.05, 4.69) is 48.6 Å². The number of unbranched alkanes of at least 4 members (excludes halogenated alkanes) is 3. The molecule has 0 heterocycles. The number of carbonyl (C=O) groups excluding carboxylic acids is 1. The van der Waals surface area contributed by atoms with Crippen LogP contribution in [0.5, 0.6) is 0 Å². The maximum atomic E-state index is 13.8. The maximum Gasteiger partial charge on any atom is 0.239 e. The minimum absolute atomic E-state index is 0.0348. The smallest absolute Gasteiger partial charge is 0.239 e. The van der Waals surface area contributed by atoms with Gasteiger partial charge in [-0.25, -0.2) is 0 Å². The lowest BCUT2D eigenvalue weighted by molar-refractivity contribution is -0.124. The first-order valence-corrected chi connectivity index (χ1v) is 10.2. The van der Waals surface area contributed by atoms with Crippen molar-refractivity contribution in [3.05, 3.63) is 108 Å². The SMILES string of the molecule is CCCCCCNC(=O)C(c1ccccc1)(c1ccccc1)c1ccccc1. The molecule has 0 fully saturated rings. The van der Waals surface area contributed by atoms with Crippen molar-refractivity contribution in [3.63, 3.8) is 0 Å². The van der Waals surface area contributed by atoms with E-state index in [0.29, 0.717) is 6.54 Å². The monoisotopic (exact) mass is 371 g/mol. The summed E-state index contributed by atoms with van der Waals surface area (Å²) >= 11 is 0. The van der Waals surface area contributed by atoms with Gasteiger partial charge in [-0.05, 0) is 23.1 Å². The molecule has 0 saturated heterocycles. The number of rotatable bonds is 9. The van der Waals surface area contributed by atoms with Crippen molar-refractivity contribution in [2.75, 3.05) is 6.54 Å². The molecule has 28 heavy (non-hydrogen) atoms. The molecule has 0 aromatic heterocycles. The van der Waals surface area contributed by atoms with Gasteiger partial charge in [-0.2, -0.15) is 0 Å². The highest BCUT2D eigenvalue weighted by Crippen LogP contribution is 2.39. The van der Waals surface area contributed by atoms with Gasteiger partial charge in [0, 0.05) is 6.54 Å². The van der Waals surface area contributed by atoms with Crippen molar-refractivity contribution in [1.82, 2.24) is 5.32 Å². The van der Waals surface area contributed by atoms with E-state index in [1.54, 1.807) is 0 Å². The van der Waals surface area contributed by atoms with Crippen LogP contribution in [0.3, 0.4) is 0 Å². The molecular weight excluding hydrogens is 342 g/mol. The molecule has 3 rings (SSSR count). The standard InChI is InChI=1S/C26H29NO/c1-2-3-4-14-21-27-25(28)26(22-15-8-5-9-16-22,23-17-10-6-11-18-23)24-19-12-7-13-20-24/h5-13,15-20H,2-4,14,21H2,1H3,(H,27,28). The number of benzene rings is 3. The molecule has 0 aliphatic rings. The molecule has 0 spiro atoms. The van der Waals surface area contributed by atoms with Crippen molar-refractivity contribution in [1.29, 1.82) is 0 Å². The summed E-state index contributed by atoms with van der Waals surface area (Å²) in [5.41, 5.74) is 2.09. The Morgan fingerprint density at radius 3 is 1.50 bits per heavy atom. The van der Waals surface area contributed by atoms with Gasteiger partial charge in [-0.1, -0.05) is 117 Å². The Labute approximate surface area is 168 Å².